The molecule has 1 aliphatic heterocycles. The van der Waals surface area contributed by atoms with Gasteiger partial charge in [-0.15, -0.1) is 11.3 Å². The van der Waals surface area contributed by atoms with Crippen molar-refractivity contribution >= 4 is 17.1 Å². The monoisotopic (exact) mass is 240 g/mol. The SMILES string of the molecule is CN(Cc1cscn1)CC1COCCC1=O. The number of hydrogen-bond acceptors (Lipinski definition) is 5. The van der Waals surface area contributed by atoms with Crippen LogP contribution in [0.3, 0.4) is 0 Å². The van der Waals surface area contributed by atoms with Crippen molar-refractivity contribution in [1.82, 2.24) is 9.88 Å². The fourth-order valence-corrected chi connectivity index (χ4v) is 2.43. The van der Waals surface area contributed by atoms with E-state index in [1.54, 1.807) is 11.3 Å². The molecule has 0 N–H and O–H groups in total. The van der Waals surface area contributed by atoms with E-state index in [1.165, 1.54) is 0 Å². The second-order valence-corrected chi connectivity index (χ2v) is 4.88. The first-order chi connectivity index (χ1) is 7.75. The van der Waals surface area contributed by atoms with E-state index < -0.39 is 0 Å². The molecule has 1 aromatic heterocycles. The molecule has 0 bridgehead atoms. The van der Waals surface area contributed by atoms with Gasteiger partial charge in [-0.25, -0.2) is 4.98 Å². The Morgan fingerprint density at radius 1 is 1.69 bits per heavy atom. The van der Waals surface area contributed by atoms with Crippen LogP contribution in [0.5, 0.6) is 0 Å². The topological polar surface area (TPSA) is 42.4 Å². The lowest BCUT2D eigenvalue weighted by Gasteiger charge is -2.25. The highest BCUT2D eigenvalue weighted by Gasteiger charge is 2.24. The molecule has 1 saturated heterocycles. The van der Waals surface area contributed by atoms with E-state index in [4.69, 9.17) is 4.74 Å². The summed E-state index contributed by atoms with van der Waals surface area (Å²) in [7, 11) is 2.02. The van der Waals surface area contributed by atoms with Gasteiger partial charge >= 0.3 is 0 Å². The Balaban J connectivity index is 1.82. The van der Waals surface area contributed by atoms with Crippen molar-refractivity contribution < 1.29 is 9.53 Å². The summed E-state index contributed by atoms with van der Waals surface area (Å²) >= 11 is 1.60. The average Bonchev–Trinajstić information content (AvgIpc) is 2.74. The molecule has 1 aliphatic rings. The summed E-state index contributed by atoms with van der Waals surface area (Å²) in [6.45, 7) is 2.72. The van der Waals surface area contributed by atoms with Crippen LogP contribution in [0.15, 0.2) is 10.9 Å². The van der Waals surface area contributed by atoms with Gasteiger partial charge in [-0.2, -0.15) is 0 Å². The summed E-state index contributed by atoms with van der Waals surface area (Å²) in [5, 5.41) is 2.04. The lowest BCUT2D eigenvalue weighted by atomic mass is 10.0. The lowest BCUT2D eigenvalue weighted by Crippen LogP contribution is -2.36. The smallest absolute Gasteiger partial charge is 0.141 e. The zero-order chi connectivity index (χ0) is 11.4. The van der Waals surface area contributed by atoms with E-state index in [1.807, 2.05) is 17.9 Å². The average molecular weight is 240 g/mol. The quantitative estimate of drug-likeness (QED) is 0.792. The second-order valence-electron chi connectivity index (χ2n) is 4.16. The molecule has 0 aromatic carbocycles. The van der Waals surface area contributed by atoms with Crippen LogP contribution in [0.1, 0.15) is 12.1 Å². The highest BCUT2D eigenvalue weighted by atomic mass is 32.1. The Morgan fingerprint density at radius 3 is 3.25 bits per heavy atom. The van der Waals surface area contributed by atoms with Gasteiger partial charge < -0.3 is 4.74 Å². The van der Waals surface area contributed by atoms with Crippen LogP contribution in [0, 0.1) is 5.92 Å². The predicted octanol–water partition coefficient (Wildman–Crippen LogP) is 1.18. The van der Waals surface area contributed by atoms with Gasteiger partial charge in [0.2, 0.25) is 0 Å². The summed E-state index contributed by atoms with van der Waals surface area (Å²) in [6, 6.07) is 0. The Labute approximate surface area is 99.2 Å². The van der Waals surface area contributed by atoms with Gasteiger partial charge in [0.1, 0.15) is 5.78 Å². The van der Waals surface area contributed by atoms with Gasteiger partial charge in [0.25, 0.3) is 0 Å². The van der Waals surface area contributed by atoms with Crippen molar-refractivity contribution in [2.75, 3.05) is 26.8 Å². The van der Waals surface area contributed by atoms with E-state index >= 15 is 0 Å². The van der Waals surface area contributed by atoms with E-state index in [-0.39, 0.29) is 5.92 Å². The summed E-state index contributed by atoms with van der Waals surface area (Å²) in [5.74, 6) is 0.369. The van der Waals surface area contributed by atoms with E-state index in [0.717, 1.165) is 18.8 Å². The molecular weight excluding hydrogens is 224 g/mol. The molecular formula is C11H16N2O2S. The number of hydrogen-bond donors (Lipinski definition) is 0. The zero-order valence-corrected chi connectivity index (χ0v) is 10.2. The molecule has 1 unspecified atom stereocenters. The Hall–Kier alpha value is -0.780. The third-order valence-electron chi connectivity index (χ3n) is 2.71. The fraction of sp³-hybridized carbons (Fsp3) is 0.636. The molecule has 2 rings (SSSR count). The highest BCUT2D eigenvalue weighted by molar-refractivity contribution is 7.07. The lowest BCUT2D eigenvalue weighted by molar-refractivity contribution is -0.131. The van der Waals surface area contributed by atoms with Crippen LogP contribution in [0.4, 0.5) is 0 Å². The van der Waals surface area contributed by atoms with Crippen LogP contribution in [-0.4, -0.2) is 42.5 Å². The van der Waals surface area contributed by atoms with Gasteiger partial charge in [0.15, 0.2) is 0 Å². The molecule has 1 fully saturated rings. The normalized spacial score (nSPS) is 21.6. The number of ether oxygens (including phenoxy) is 1. The Morgan fingerprint density at radius 2 is 2.56 bits per heavy atom. The third-order valence-corrected chi connectivity index (χ3v) is 3.35. The summed E-state index contributed by atoms with van der Waals surface area (Å²) < 4.78 is 5.33. The summed E-state index contributed by atoms with van der Waals surface area (Å²) in [6.07, 6.45) is 0.565. The summed E-state index contributed by atoms with van der Waals surface area (Å²) in [4.78, 5) is 18.0. The van der Waals surface area contributed by atoms with E-state index in [0.29, 0.717) is 25.4 Å². The van der Waals surface area contributed by atoms with Crippen LogP contribution in [-0.2, 0) is 16.1 Å². The summed E-state index contributed by atoms with van der Waals surface area (Å²) in [5.41, 5.74) is 2.90. The van der Waals surface area contributed by atoms with Gasteiger partial charge in [-0.1, -0.05) is 0 Å². The first kappa shape index (κ1) is 11.7. The maximum absolute atomic E-state index is 11.6. The van der Waals surface area contributed by atoms with Gasteiger partial charge in [-0.3, -0.25) is 9.69 Å². The minimum Gasteiger partial charge on any atom is -0.380 e. The van der Waals surface area contributed by atoms with Gasteiger partial charge in [-0.05, 0) is 7.05 Å². The minimum atomic E-state index is 0.0392. The standard InChI is InChI=1S/C11H16N2O2S/c1-13(5-10-7-16-8-12-10)4-9-6-15-3-2-11(9)14/h7-9H,2-6H2,1H3. The van der Waals surface area contributed by atoms with Crippen LogP contribution in [0.25, 0.3) is 0 Å². The molecule has 5 heteroatoms. The van der Waals surface area contributed by atoms with Crippen LogP contribution >= 0.6 is 11.3 Å². The first-order valence-electron chi connectivity index (χ1n) is 5.42. The van der Waals surface area contributed by atoms with E-state index in [2.05, 4.69) is 9.88 Å². The van der Waals surface area contributed by atoms with Gasteiger partial charge in [0, 0.05) is 24.9 Å². The van der Waals surface area contributed by atoms with Crippen molar-refractivity contribution in [3.63, 3.8) is 0 Å². The number of nitrogens with zero attached hydrogens (tertiary/aromatic N) is 2. The van der Waals surface area contributed by atoms with Crippen LogP contribution in [0.2, 0.25) is 0 Å². The van der Waals surface area contributed by atoms with Crippen molar-refractivity contribution in [2.45, 2.75) is 13.0 Å². The number of carbonyl (C=O) groups is 1. The molecule has 4 nitrogen and oxygen atoms in total. The van der Waals surface area contributed by atoms with Crippen molar-refractivity contribution in [3.8, 4) is 0 Å². The van der Waals surface area contributed by atoms with Crippen molar-refractivity contribution in [1.29, 1.82) is 0 Å². The van der Waals surface area contributed by atoms with Crippen molar-refractivity contribution in [3.05, 3.63) is 16.6 Å². The molecule has 0 spiro atoms. The minimum absolute atomic E-state index is 0.0392. The number of Topliss-reactive ketones (excluding diaryl/α,β-unsaturated/α-hetero) is 1. The third kappa shape index (κ3) is 3.10. The highest BCUT2D eigenvalue weighted by Crippen LogP contribution is 2.12. The largest absolute Gasteiger partial charge is 0.380 e. The Kier molecular flexibility index (Phi) is 4.04. The maximum atomic E-state index is 11.6. The molecule has 16 heavy (non-hydrogen) atoms. The maximum Gasteiger partial charge on any atom is 0.141 e. The number of ketones is 1. The Bertz CT molecular complexity index is 340. The van der Waals surface area contributed by atoms with E-state index in [9.17, 15) is 4.79 Å². The first-order valence-corrected chi connectivity index (χ1v) is 6.36. The molecule has 0 radical (unpaired) electrons. The number of rotatable bonds is 4. The predicted molar refractivity (Wildman–Crippen MR) is 62.4 cm³/mol. The molecule has 0 aliphatic carbocycles. The number of carbonyl (C=O) groups excluding carboxylic acids is 1. The fourth-order valence-electron chi connectivity index (χ4n) is 1.88. The molecule has 1 aromatic rings. The number of aromatic nitrogens is 1. The molecule has 0 amide bonds. The zero-order valence-electron chi connectivity index (χ0n) is 9.39. The van der Waals surface area contributed by atoms with Crippen molar-refractivity contribution in [2.24, 2.45) is 5.92 Å². The molecule has 88 valence electrons. The second kappa shape index (κ2) is 5.52. The molecule has 0 saturated carbocycles. The van der Waals surface area contributed by atoms with Crippen LogP contribution < -0.4 is 0 Å². The van der Waals surface area contributed by atoms with Gasteiger partial charge in [0.05, 0.1) is 30.3 Å². The molecule has 2 heterocycles. The molecule has 1 atom stereocenters. The number of thiazole rings is 1.